The lowest BCUT2D eigenvalue weighted by Crippen LogP contribution is -2.16. The molecule has 0 aliphatic heterocycles. The molecule has 0 aromatic heterocycles. The van der Waals surface area contributed by atoms with Crippen molar-refractivity contribution >= 4 is 5.69 Å². The number of hydrogen-bond donors (Lipinski definition) is 2. The maximum absolute atomic E-state index is 3.09. The largest absolute Gasteiger partial charge is 0.321 e. The van der Waals surface area contributed by atoms with Crippen molar-refractivity contribution in [1.29, 1.82) is 0 Å². The molecule has 0 atom stereocenters. The van der Waals surface area contributed by atoms with Crippen molar-refractivity contribution < 1.29 is 0 Å². The highest BCUT2D eigenvalue weighted by atomic mass is 15.3. The van der Waals surface area contributed by atoms with Crippen LogP contribution >= 0.6 is 0 Å². The molecule has 60 valence electrons. The fraction of sp³-hybridized carbons (Fsp3) is 0.333. The molecule has 11 heavy (non-hydrogen) atoms. The first-order valence-electron chi connectivity index (χ1n) is 3.74. The minimum Gasteiger partial charge on any atom is -0.321 e. The molecule has 0 saturated heterocycles. The number of anilines is 1. The molecule has 2 nitrogen and oxygen atoms in total. The average molecular weight is 150 g/mol. The van der Waals surface area contributed by atoms with Crippen LogP contribution in [0.25, 0.3) is 0 Å². The Morgan fingerprint density at radius 3 is 2.09 bits per heavy atom. The van der Waals surface area contributed by atoms with Gasteiger partial charge in [0.15, 0.2) is 0 Å². The maximum Gasteiger partial charge on any atom is 0.0545 e. The van der Waals surface area contributed by atoms with Crippen LogP contribution in [-0.4, -0.2) is 7.05 Å². The molecule has 2 heteroatoms. The Labute approximate surface area is 67.6 Å². The first kappa shape index (κ1) is 8.08. The molecular weight excluding hydrogens is 136 g/mol. The van der Waals surface area contributed by atoms with Crippen molar-refractivity contribution in [3.8, 4) is 0 Å². The SMILES string of the molecule is CNNc1c(C)cccc1C. The van der Waals surface area contributed by atoms with Crippen LogP contribution in [0.3, 0.4) is 0 Å². The van der Waals surface area contributed by atoms with E-state index in [0.717, 1.165) is 0 Å². The van der Waals surface area contributed by atoms with Gasteiger partial charge in [-0.15, -0.1) is 0 Å². The number of benzene rings is 1. The van der Waals surface area contributed by atoms with E-state index in [2.05, 4.69) is 42.9 Å². The van der Waals surface area contributed by atoms with E-state index in [4.69, 9.17) is 0 Å². The molecule has 1 aromatic carbocycles. The van der Waals surface area contributed by atoms with Crippen LogP contribution in [0, 0.1) is 13.8 Å². The van der Waals surface area contributed by atoms with Gasteiger partial charge in [0.25, 0.3) is 0 Å². The van der Waals surface area contributed by atoms with Gasteiger partial charge in [-0.05, 0) is 25.0 Å². The van der Waals surface area contributed by atoms with Crippen LogP contribution in [0.2, 0.25) is 0 Å². The van der Waals surface area contributed by atoms with Crippen LogP contribution < -0.4 is 10.9 Å². The molecule has 0 bridgehead atoms. The van der Waals surface area contributed by atoms with Crippen molar-refractivity contribution in [2.24, 2.45) is 0 Å². The fourth-order valence-corrected chi connectivity index (χ4v) is 1.14. The zero-order chi connectivity index (χ0) is 8.27. The topological polar surface area (TPSA) is 24.1 Å². The summed E-state index contributed by atoms with van der Waals surface area (Å²) in [6.45, 7) is 4.18. The molecule has 0 heterocycles. The van der Waals surface area contributed by atoms with E-state index in [9.17, 15) is 0 Å². The standard InChI is InChI=1S/C9H14N2/c1-7-5-4-6-8(2)9(7)11-10-3/h4-6,10-11H,1-3H3. The van der Waals surface area contributed by atoms with Gasteiger partial charge < -0.3 is 5.43 Å². The summed E-state index contributed by atoms with van der Waals surface area (Å²) in [4.78, 5) is 0. The van der Waals surface area contributed by atoms with E-state index in [0.29, 0.717) is 0 Å². The number of hydrogen-bond acceptors (Lipinski definition) is 2. The van der Waals surface area contributed by atoms with Crippen molar-refractivity contribution in [3.63, 3.8) is 0 Å². The predicted octanol–water partition coefficient (Wildman–Crippen LogP) is 1.85. The number of aryl methyl sites for hydroxylation is 2. The fourth-order valence-electron chi connectivity index (χ4n) is 1.14. The molecule has 0 saturated carbocycles. The zero-order valence-electron chi connectivity index (χ0n) is 7.23. The van der Waals surface area contributed by atoms with Gasteiger partial charge in [0.2, 0.25) is 0 Å². The highest BCUT2D eigenvalue weighted by Crippen LogP contribution is 2.17. The Hall–Kier alpha value is -1.02. The van der Waals surface area contributed by atoms with Crippen LogP contribution in [0.4, 0.5) is 5.69 Å². The van der Waals surface area contributed by atoms with E-state index in [-0.39, 0.29) is 0 Å². The summed E-state index contributed by atoms with van der Waals surface area (Å²) in [6, 6.07) is 6.24. The van der Waals surface area contributed by atoms with Gasteiger partial charge in [0.05, 0.1) is 5.69 Å². The minimum absolute atomic E-state index is 1.18. The summed E-state index contributed by atoms with van der Waals surface area (Å²) < 4.78 is 0. The third-order valence-electron chi connectivity index (χ3n) is 1.73. The Kier molecular flexibility index (Phi) is 2.49. The van der Waals surface area contributed by atoms with Crippen LogP contribution in [0.5, 0.6) is 0 Å². The molecule has 0 radical (unpaired) electrons. The van der Waals surface area contributed by atoms with Gasteiger partial charge in [-0.1, -0.05) is 18.2 Å². The number of nitrogens with one attached hydrogen (secondary N) is 2. The summed E-state index contributed by atoms with van der Waals surface area (Å²) in [5.41, 5.74) is 9.71. The highest BCUT2D eigenvalue weighted by Gasteiger charge is 1.97. The van der Waals surface area contributed by atoms with Crippen molar-refractivity contribution in [1.82, 2.24) is 5.43 Å². The molecule has 0 amide bonds. The molecule has 0 unspecified atom stereocenters. The molecule has 0 spiro atoms. The summed E-state index contributed by atoms with van der Waals surface area (Å²) in [7, 11) is 1.87. The Morgan fingerprint density at radius 1 is 1.09 bits per heavy atom. The lowest BCUT2D eigenvalue weighted by molar-refractivity contribution is 0.975. The molecule has 1 rings (SSSR count). The van der Waals surface area contributed by atoms with E-state index in [1.165, 1.54) is 16.8 Å². The van der Waals surface area contributed by atoms with Crippen molar-refractivity contribution in [2.75, 3.05) is 12.5 Å². The summed E-state index contributed by atoms with van der Waals surface area (Å²) in [5, 5.41) is 0. The van der Waals surface area contributed by atoms with Crippen LogP contribution in [0.15, 0.2) is 18.2 Å². The molecular formula is C9H14N2. The van der Waals surface area contributed by atoms with Crippen molar-refractivity contribution in [2.45, 2.75) is 13.8 Å². The van der Waals surface area contributed by atoms with Gasteiger partial charge in [-0.3, -0.25) is 0 Å². The third kappa shape index (κ3) is 1.71. The molecule has 0 aliphatic rings. The molecule has 2 N–H and O–H groups in total. The summed E-state index contributed by atoms with van der Waals surface area (Å²) in [6.07, 6.45) is 0. The van der Waals surface area contributed by atoms with Crippen LogP contribution in [-0.2, 0) is 0 Å². The lowest BCUT2D eigenvalue weighted by atomic mass is 10.1. The van der Waals surface area contributed by atoms with Gasteiger partial charge in [-0.2, -0.15) is 0 Å². The second-order valence-electron chi connectivity index (χ2n) is 2.64. The first-order valence-corrected chi connectivity index (χ1v) is 3.74. The minimum atomic E-state index is 1.18. The van der Waals surface area contributed by atoms with Gasteiger partial charge >= 0.3 is 0 Å². The Balaban J connectivity index is 3.00. The van der Waals surface area contributed by atoms with Gasteiger partial charge in [0, 0.05) is 7.05 Å². The van der Waals surface area contributed by atoms with E-state index in [1.807, 2.05) is 7.05 Å². The first-order chi connectivity index (χ1) is 5.25. The normalized spacial score (nSPS) is 9.73. The smallest absolute Gasteiger partial charge is 0.0545 e. The second kappa shape index (κ2) is 3.39. The summed E-state index contributed by atoms with van der Waals surface area (Å²) >= 11 is 0. The Morgan fingerprint density at radius 2 is 1.64 bits per heavy atom. The van der Waals surface area contributed by atoms with E-state index < -0.39 is 0 Å². The predicted molar refractivity (Wildman–Crippen MR) is 48.6 cm³/mol. The van der Waals surface area contributed by atoms with Gasteiger partial charge in [0.1, 0.15) is 0 Å². The second-order valence-corrected chi connectivity index (χ2v) is 2.64. The van der Waals surface area contributed by atoms with Crippen molar-refractivity contribution in [3.05, 3.63) is 29.3 Å². The highest BCUT2D eigenvalue weighted by molar-refractivity contribution is 5.55. The van der Waals surface area contributed by atoms with Crippen LogP contribution in [0.1, 0.15) is 11.1 Å². The lowest BCUT2D eigenvalue weighted by Gasteiger charge is -2.10. The summed E-state index contributed by atoms with van der Waals surface area (Å²) in [5.74, 6) is 0. The number of hydrazine groups is 1. The quantitative estimate of drug-likeness (QED) is 0.629. The third-order valence-corrected chi connectivity index (χ3v) is 1.73. The van der Waals surface area contributed by atoms with Gasteiger partial charge in [-0.25, -0.2) is 5.43 Å². The molecule has 0 aliphatic carbocycles. The number of rotatable bonds is 2. The average Bonchev–Trinajstić information content (AvgIpc) is 1.97. The van der Waals surface area contributed by atoms with E-state index >= 15 is 0 Å². The number of para-hydroxylation sites is 1. The Bertz CT molecular complexity index is 223. The molecule has 1 aromatic rings. The monoisotopic (exact) mass is 150 g/mol. The van der Waals surface area contributed by atoms with E-state index in [1.54, 1.807) is 0 Å². The molecule has 0 fully saturated rings. The maximum atomic E-state index is 3.09. The zero-order valence-corrected chi connectivity index (χ0v) is 7.23.